The van der Waals surface area contributed by atoms with E-state index < -0.39 is 0 Å². The number of para-hydroxylation sites is 1. The first-order chi connectivity index (χ1) is 10.1. The summed E-state index contributed by atoms with van der Waals surface area (Å²) in [5.41, 5.74) is 2.07. The molecule has 1 N–H and O–H groups in total. The van der Waals surface area contributed by atoms with Gasteiger partial charge < -0.3 is 10.2 Å². The van der Waals surface area contributed by atoms with E-state index in [9.17, 15) is 4.79 Å². The van der Waals surface area contributed by atoms with Crippen LogP contribution in [-0.2, 0) is 4.79 Å². The summed E-state index contributed by atoms with van der Waals surface area (Å²) in [6, 6.07) is 13.8. The molecule has 1 amide bonds. The highest BCUT2D eigenvalue weighted by atomic mass is 16.1. The fraction of sp³-hybridized carbons (Fsp3) is 0.294. The standard InChI is InChI=1S/C17H21N3O/c1-13(2)11-17(21)19-16-10-9-15(12-18-16)20(3)14-7-5-4-6-8-14/h4-10,12-13H,11H2,1-3H3,(H,18,19,21). The minimum atomic E-state index is 0.00154. The predicted octanol–water partition coefficient (Wildman–Crippen LogP) is 3.83. The lowest BCUT2D eigenvalue weighted by atomic mass is 10.1. The van der Waals surface area contributed by atoms with Crippen LogP contribution in [0.2, 0.25) is 0 Å². The van der Waals surface area contributed by atoms with Gasteiger partial charge in [0.2, 0.25) is 5.91 Å². The van der Waals surface area contributed by atoms with E-state index in [1.165, 1.54) is 0 Å². The van der Waals surface area contributed by atoms with Crippen LogP contribution in [0.25, 0.3) is 0 Å². The average Bonchev–Trinajstić information content (AvgIpc) is 2.47. The third-order valence-corrected chi connectivity index (χ3v) is 3.14. The summed E-state index contributed by atoms with van der Waals surface area (Å²) in [5, 5.41) is 2.81. The molecule has 0 saturated carbocycles. The Morgan fingerprint density at radius 2 is 1.86 bits per heavy atom. The third kappa shape index (κ3) is 4.31. The molecule has 0 aliphatic heterocycles. The van der Waals surface area contributed by atoms with Crippen LogP contribution in [0, 0.1) is 5.92 Å². The van der Waals surface area contributed by atoms with Gasteiger partial charge in [0.25, 0.3) is 0 Å². The van der Waals surface area contributed by atoms with Crippen molar-refractivity contribution < 1.29 is 4.79 Å². The zero-order valence-corrected chi connectivity index (χ0v) is 12.7. The number of benzene rings is 1. The van der Waals surface area contributed by atoms with Crippen LogP contribution in [0.3, 0.4) is 0 Å². The first-order valence-corrected chi connectivity index (χ1v) is 7.11. The molecule has 21 heavy (non-hydrogen) atoms. The van der Waals surface area contributed by atoms with Crippen molar-refractivity contribution in [1.29, 1.82) is 0 Å². The van der Waals surface area contributed by atoms with Gasteiger partial charge in [-0.1, -0.05) is 32.0 Å². The third-order valence-electron chi connectivity index (χ3n) is 3.14. The minimum absolute atomic E-state index is 0.00154. The number of carbonyl (C=O) groups excluding carboxylic acids is 1. The van der Waals surface area contributed by atoms with Gasteiger partial charge in [0.05, 0.1) is 11.9 Å². The largest absolute Gasteiger partial charge is 0.343 e. The van der Waals surface area contributed by atoms with Crippen LogP contribution < -0.4 is 10.2 Å². The average molecular weight is 283 g/mol. The molecule has 0 spiro atoms. The summed E-state index contributed by atoms with van der Waals surface area (Å²) >= 11 is 0. The van der Waals surface area contributed by atoms with E-state index in [1.54, 1.807) is 6.20 Å². The van der Waals surface area contributed by atoms with Crippen LogP contribution in [0.4, 0.5) is 17.2 Å². The van der Waals surface area contributed by atoms with E-state index in [1.807, 2.05) is 68.3 Å². The molecule has 0 aliphatic rings. The van der Waals surface area contributed by atoms with Gasteiger partial charge in [0, 0.05) is 19.2 Å². The highest BCUT2D eigenvalue weighted by molar-refractivity contribution is 5.89. The summed E-state index contributed by atoms with van der Waals surface area (Å²) in [5.74, 6) is 0.931. The van der Waals surface area contributed by atoms with Gasteiger partial charge in [-0.3, -0.25) is 4.79 Å². The summed E-state index contributed by atoms with van der Waals surface area (Å²) < 4.78 is 0. The minimum Gasteiger partial charge on any atom is -0.343 e. The zero-order chi connectivity index (χ0) is 15.2. The summed E-state index contributed by atoms with van der Waals surface area (Å²) in [6.07, 6.45) is 2.27. The molecule has 0 fully saturated rings. The topological polar surface area (TPSA) is 45.2 Å². The van der Waals surface area contributed by atoms with Crippen molar-refractivity contribution in [3.8, 4) is 0 Å². The summed E-state index contributed by atoms with van der Waals surface area (Å²) in [6.45, 7) is 4.04. The second-order valence-electron chi connectivity index (χ2n) is 5.44. The molecule has 110 valence electrons. The van der Waals surface area contributed by atoms with Crippen LogP contribution in [0.15, 0.2) is 48.7 Å². The molecule has 1 aromatic carbocycles. The lowest BCUT2D eigenvalue weighted by molar-refractivity contribution is -0.116. The molecule has 0 aliphatic carbocycles. The Morgan fingerprint density at radius 1 is 1.14 bits per heavy atom. The maximum atomic E-state index is 11.7. The number of pyridine rings is 1. The molecule has 0 atom stereocenters. The van der Waals surface area contributed by atoms with Crippen LogP contribution in [0.5, 0.6) is 0 Å². The Labute approximate surface area is 125 Å². The molecule has 4 heteroatoms. The van der Waals surface area contributed by atoms with Gasteiger partial charge in [0.1, 0.15) is 5.82 Å². The van der Waals surface area contributed by atoms with Crippen molar-refractivity contribution in [2.45, 2.75) is 20.3 Å². The SMILES string of the molecule is CC(C)CC(=O)Nc1ccc(N(C)c2ccccc2)cn1. The van der Waals surface area contributed by atoms with Gasteiger partial charge in [-0.15, -0.1) is 0 Å². The van der Waals surface area contributed by atoms with Gasteiger partial charge in [-0.2, -0.15) is 0 Å². The Balaban J connectivity index is 2.04. The monoisotopic (exact) mass is 283 g/mol. The molecule has 1 heterocycles. The number of rotatable bonds is 5. The van der Waals surface area contributed by atoms with E-state index in [4.69, 9.17) is 0 Å². The smallest absolute Gasteiger partial charge is 0.225 e. The van der Waals surface area contributed by atoms with E-state index in [2.05, 4.69) is 10.3 Å². The molecular formula is C17H21N3O. The van der Waals surface area contributed by atoms with E-state index >= 15 is 0 Å². The van der Waals surface area contributed by atoms with Crippen molar-refractivity contribution in [3.05, 3.63) is 48.7 Å². The summed E-state index contributed by atoms with van der Waals surface area (Å²) in [4.78, 5) is 18.0. The van der Waals surface area contributed by atoms with E-state index in [0.717, 1.165) is 11.4 Å². The molecule has 4 nitrogen and oxygen atoms in total. The predicted molar refractivity (Wildman–Crippen MR) is 86.8 cm³/mol. The number of anilines is 3. The lowest BCUT2D eigenvalue weighted by Crippen LogP contribution is -2.15. The Kier molecular flexibility index (Phi) is 4.93. The van der Waals surface area contributed by atoms with Crippen LogP contribution in [0.1, 0.15) is 20.3 Å². The molecule has 0 radical (unpaired) electrons. The van der Waals surface area contributed by atoms with Crippen molar-refractivity contribution in [2.24, 2.45) is 5.92 Å². The summed E-state index contributed by atoms with van der Waals surface area (Å²) in [7, 11) is 1.99. The maximum absolute atomic E-state index is 11.7. The molecule has 0 unspecified atom stereocenters. The molecule has 0 saturated heterocycles. The first kappa shape index (κ1) is 15.0. The molecular weight excluding hydrogens is 262 g/mol. The maximum Gasteiger partial charge on any atom is 0.225 e. The van der Waals surface area contributed by atoms with Gasteiger partial charge in [-0.25, -0.2) is 4.98 Å². The fourth-order valence-corrected chi connectivity index (χ4v) is 2.02. The number of nitrogens with zero attached hydrogens (tertiary/aromatic N) is 2. The second kappa shape index (κ2) is 6.88. The number of nitrogens with one attached hydrogen (secondary N) is 1. The zero-order valence-electron chi connectivity index (χ0n) is 12.7. The van der Waals surface area contributed by atoms with Crippen LogP contribution in [-0.4, -0.2) is 17.9 Å². The Bertz CT molecular complexity index is 579. The molecule has 2 aromatic rings. The van der Waals surface area contributed by atoms with Crippen LogP contribution >= 0.6 is 0 Å². The molecule has 1 aromatic heterocycles. The Morgan fingerprint density at radius 3 is 2.43 bits per heavy atom. The quantitative estimate of drug-likeness (QED) is 0.907. The lowest BCUT2D eigenvalue weighted by Gasteiger charge is -2.19. The van der Waals surface area contributed by atoms with E-state index in [-0.39, 0.29) is 5.91 Å². The van der Waals surface area contributed by atoms with Gasteiger partial charge >= 0.3 is 0 Å². The first-order valence-electron chi connectivity index (χ1n) is 7.11. The second-order valence-corrected chi connectivity index (χ2v) is 5.44. The number of amides is 1. The van der Waals surface area contributed by atoms with Gasteiger partial charge in [-0.05, 0) is 30.2 Å². The van der Waals surface area contributed by atoms with Crippen molar-refractivity contribution in [3.63, 3.8) is 0 Å². The van der Waals surface area contributed by atoms with Crippen molar-refractivity contribution >= 4 is 23.1 Å². The van der Waals surface area contributed by atoms with Gasteiger partial charge in [0.15, 0.2) is 0 Å². The Hall–Kier alpha value is -2.36. The van der Waals surface area contributed by atoms with Crippen molar-refractivity contribution in [1.82, 2.24) is 4.98 Å². The van der Waals surface area contributed by atoms with E-state index in [0.29, 0.717) is 18.2 Å². The molecule has 0 bridgehead atoms. The number of aromatic nitrogens is 1. The van der Waals surface area contributed by atoms with Crippen molar-refractivity contribution in [2.75, 3.05) is 17.3 Å². The fourth-order valence-electron chi connectivity index (χ4n) is 2.02. The normalized spacial score (nSPS) is 10.5. The number of carbonyl (C=O) groups is 1. The molecule has 2 rings (SSSR count). The highest BCUT2D eigenvalue weighted by Gasteiger charge is 2.07. The number of hydrogen-bond donors (Lipinski definition) is 1. The highest BCUT2D eigenvalue weighted by Crippen LogP contribution is 2.23. The number of hydrogen-bond acceptors (Lipinski definition) is 3.